The molecule has 1 saturated carbocycles. The summed E-state index contributed by atoms with van der Waals surface area (Å²) < 4.78 is 0. The van der Waals surface area contributed by atoms with Crippen LogP contribution in [0.1, 0.15) is 52.9 Å². The molecule has 0 aromatic carbocycles. The minimum absolute atomic E-state index is 0. The number of carbonyl (C=O) groups is 1. The zero-order chi connectivity index (χ0) is 12.3. The molecule has 1 atom stereocenters. The van der Waals surface area contributed by atoms with E-state index >= 15 is 0 Å². The van der Waals surface area contributed by atoms with E-state index in [1.54, 1.807) is 0 Å². The maximum Gasteiger partial charge on any atom is 0.304 e. The van der Waals surface area contributed by atoms with Crippen LogP contribution in [0.5, 0.6) is 0 Å². The van der Waals surface area contributed by atoms with E-state index in [9.17, 15) is 4.79 Å². The van der Waals surface area contributed by atoms with E-state index in [4.69, 9.17) is 10.8 Å². The van der Waals surface area contributed by atoms with E-state index in [0.29, 0.717) is 11.3 Å². The SMILES string of the molecule is CC(C)(C)C1CCC(C(N)CC(=O)O)CC1.Cl. The molecule has 3 nitrogen and oxygen atoms in total. The lowest BCUT2D eigenvalue weighted by molar-refractivity contribution is -0.137. The molecule has 102 valence electrons. The summed E-state index contributed by atoms with van der Waals surface area (Å²) in [5.74, 6) is 0.404. The van der Waals surface area contributed by atoms with E-state index in [-0.39, 0.29) is 24.9 Å². The first-order valence-corrected chi connectivity index (χ1v) is 6.28. The van der Waals surface area contributed by atoms with Gasteiger partial charge in [-0.1, -0.05) is 20.8 Å². The third kappa shape index (κ3) is 5.26. The Labute approximate surface area is 111 Å². The largest absolute Gasteiger partial charge is 0.481 e. The van der Waals surface area contributed by atoms with Gasteiger partial charge in [0, 0.05) is 6.04 Å². The van der Waals surface area contributed by atoms with E-state index in [1.807, 2.05) is 0 Å². The first-order chi connectivity index (χ1) is 7.30. The lowest BCUT2D eigenvalue weighted by atomic mass is 9.68. The number of hydrogen-bond acceptors (Lipinski definition) is 2. The molecule has 0 aromatic heterocycles. The summed E-state index contributed by atoms with van der Waals surface area (Å²) in [7, 11) is 0. The molecule has 4 heteroatoms. The van der Waals surface area contributed by atoms with Crippen molar-refractivity contribution in [3.63, 3.8) is 0 Å². The van der Waals surface area contributed by atoms with Gasteiger partial charge < -0.3 is 10.8 Å². The summed E-state index contributed by atoms with van der Waals surface area (Å²) in [6, 6.07) is -0.154. The van der Waals surface area contributed by atoms with Crippen LogP contribution < -0.4 is 5.73 Å². The Kier molecular flexibility index (Phi) is 6.49. The Hall–Kier alpha value is -0.280. The third-order valence-corrected chi connectivity index (χ3v) is 4.01. The van der Waals surface area contributed by atoms with Crippen LogP contribution in [-0.2, 0) is 4.79 Å². The zero-order valence-electron chi connectivity index (χ0n) is 11.1. The maximum absolute atomic E-state index is 10.6. The van der Waals surface area contributed by atoms with Crippen LogP contribution in [0.3, 0.4) is 0 Å². The van der Waals surface area contributed by atoms with Gasteiger partial charge in [0.1, 0.15) is 0 Å². The second-order valence-corrected chi connectivity index (χ2v) is 6.24. The Balaban J connectivity index is 0.00000256. The lowest BCUT2D eigenvalue weighted by Gasteiger charge is -2.38. The molecule has 0 saturated heterocycles. The minimum Gasteiger partial charge on any atom is -0.481 e. The molecule has 0 radical (unpaired) electrons. The maximum atomic E-state index is 10.6. The number of aliphatic carboxylic acids is 1. The summed E-state index contributed by atoms with van der Waals surface area (Å²) in [4.78, 5) is 10.6. The normalized spacial score (nSPS) is 27.1. The molecule has 0 amide bonds. The van der Waals surface area contributed by atoms with Crippen LogP contribution in [-0.4, -0.2) is 17.1 Å². The van der Waals surface area contributed by atoms with Gasteiger partial charge in [0.05, 0.1) is 6.42 Å². The molecule has 0 aromatic rings. The number of carboxylic acids is 1. The van der Waals surface area contributed by atoms with E-state index in [0.717, 1.165) is 18.8 Å². The van der Waals surface area contributed by atoms with Crippen molar-refractivity contribution in [3.05, 3.63) is 0 Å². The van der Waals surface area contributed by atoms with Crippen LogP contribution in [0.25, 0.3) is 0 Å². The Morgan fingerprint density at radius 3 is 2.12 bits per heavy atom. The van der Waals surface area contributed by atoms with Gasteiger partial charge in [-0.2, -0.15) is 0 Å². The second kappa shape index (κ2) is 6.60. The Morgan fingerprint density at radius 1 is 1.29 bits per heavy atom. The van der Waals surface area contributed by atoms with Crippen molar-refractivity contribution in [3.8, 4) is 0 Å². The fourth-order valence-electron chi connectivity index (χ4n) is 2.78. The first-order valence-electron chi connectivity index (χ1n) is 6.28. The third-order valence-electron chi connectivity index (χ3n) is 4.01. The summed E-state index contributed by atoms with van der Waals surface area (Å²) in [6.07, 6.45) is 4.70. The predicted octanol–water partition coefficient (Wildman–Crippen LogP) is 3.06. The van der Waals surface area contributed by atoms with Gasteiger partial charge >= 0.3 is 5.97 Å². The number of rotatable bonds is 3. The first kappa shape index (κ1) is 16.7. The number of carboxylic acid groups (broad SMARTS) is 1. The highest BCUT2D eigenvalue weighted by Gasteiger charge is 2.32. The van der Waals surface area contributed by atoms with Crippen molar-refractivity contribution in [1.82, 2.24) is 0 Å². The smallest absolute Gasteiger partial charge is 0.304 e. The fourth-order valence-corrected chi connectivity index (χ4v) is 2.78. The van der Waals surface area contributed by atoms with Crippen molar-refractivity contribution in [2.45, 2.75) is 58.9 Å². The molecule has 1 unspecified atom stereocenters. The van der Waals surface area contributed by atoms with Crippen LogP contribution in [0.2, 0.25) is 0 Å². The minimum atomic E-state index is -0.773. The highest BCUT2D eigenvalue weighted by molar-refractivity contribution is 5.85. The molecule has 0 spiro atoms. The van der Waals surface area contributed by atoms with Gasteiger partial charge in [0.2, 0.25) is 0 Å². The molecule has 0 aliphatic heterocycles. The average Bonchev–Trinajstić information content (AvgIpc) is 2.15. The molecule has 1 fully saturated rings. The number of hydrogen-bond donors (Lipinski definition) is 2. The summed E-state index contributed by atoms with van der Waals surface area (Å²) >= 11 is 0. The van der Waals surface area contributed by atoms with Crippen LogP contribution >= 0.6 is 12.4 Å². The molecular weight excluding hydrogens is 238 g/mol. The Bertz CT molecular complexity index is 242. The van der Waals surface area contributed by atoms with Gasteiger partial charge in [-0.3, -0.25) is 4.79 Å². The van der Waals surface area contributed by atoms with E-state index in [2.05, 4.69) is 20.8 Å². The zero-order valence-corrected chi connectivity index (χ0v) is 11.9. The van der Waals surface area contributed by atoms with Gasteiger partial charge in [-0.25, -0.2) is 0 Å². The van der Waals surface area contributed by atoms with Crippen molar-refractivity contribution in [2.75, 3.05) is 0 Å². The summed E-state index contributed by atoms with van der Waals surface area (Å²) in [6.45, 7) is 6.86. The molecule has 0 heterocycles. The van der Waals surface area contributed by atoms with Crippen molar-refractivity contribution < 1.29 is 9.90 Å². The van der Waals surface area contributed by atoms with Crippen LogP contribution in [0.15, 0.2) is 0 Å². The standard InChI is InChI=1S/C13H25NO2.ClH/c1-13(2,3)10-6-4-9(5-7-10)11(14)8-12(15)16;/h9-11H,4-8,14H2,1-3H3,(H,15,16);1H. The monoisotopic (exact) mass is 263 g/mol. The summed E-state index contributed by atoms with van der Waals surface area (Å²) in [5, 5.41) is 8.72. The topological polar surface area (TPSA) is 63.3 Å². The highest BCUT2D eigenvalue weighted by atomic mass is 35.5. The average molecular weight is 264 g/mol. The molecule has 1 rings (SSSR count). The van der Waals surface area contributed by atoms with E-state index in [1.165, 1.54) is 12.8 Å². The van der Waals surface area contributed by atoms with Gasteiger partial charge in [-0.15, -0.1) is 12.4 Å². The molecule has 17 heavy (non-hydrogen) atoms. The van der Waals surface area contributed by atoms with Gasteiger partial charge in [0.15, 0.2) is 0 Å². The molecule has 0 bridgehead atoms. The van der Waals surface area contributed by atoms with Gasteiger partial charge in [0.25, 0.3) is 0 Å². The number of halogens is 1. The Morgan fingerprint density at radius 2 is 1.76 bits per heavy atom. The van der Waals surface area contributed by atoms with E-state index < -0.39 is 5.97 Å². The van der Waals surface area contributed by atoms with Crippen molar-refractivity contribution >= 4 is 18.4 Å². The molecule has 1 aliphatic carbocycles. The summed E-state index contributed by atoms with van der Waals surface area (Å²) in [5.41, 5.74) is 6.30. The quantitative estimate of drug-likeness (QED) is 0.823. The molecule has 3 N–H and O–H groups in total. The van der Waals surface area contributed by atoms with Crippen LogP contribution in [0, 0.1) is 17.3 Å². The predicted molar refractivity (Wildman–Crippen MR) is 72.4 cm³/mol. The number of nitrogens with two attached hydrogens (primary N) is 1. The van der Waals surface area contributed by atoms with Gasteiger partial charge in [-0.05, 0) is 42.9 Å². The fraction of sp³-hybridized carbons (Fsp3) is 0.923. The molecular formula is C13H26ClNO2. The van der Waals surface area contributed by atoms with Crippen molar-refractivity contribution in [1.29, 1.82) is 0 Å². The van der Waals surface area contributed by atoms with Crippen molar-refractivity contribution in [2.24, 2.45) is 23.0 Å². The second-order valence-electron chi connectivity index (χ2n) is 6.24. The van der Waals surface area contributed by atoms with Crippen LogP contribution in [0.4, 0.5) is 0 Å². The highest BCUT2D eigenvalue weighted by Crippen LogP contribution is 2.40. The lowest BCUT2D eigenvalue weighted by Crippen LogP contribution is -2.36. The molecule has 1 aliphatic rings.